The zero-order valence-corrected chi connectivity index (χ0v) is 9.20. The van der Waals surface area contributed by atoms with Gasteiger partial charge in [0.2, 0.25) is 0 Å². The zero-order chi connectivity index (χ0) is 12.7. The van der Waals surface area contributed by atoms with Gasteiger partial charge in [-0.1, -0.05) is 30.3 Å². The minimum atomic E-state index is -1.51. The van der Waals surface area contributed by atoms with Crippen molar-refractivity contribution in [1.29, 1.82) is 0 Å². The molecule has 0 heterocycles. The predicted octanol–water partition coefficient (Wildman–Crippen LogP) is 0.955. The van der Waals surface area contributed by atoms with E-state index in [0.717, 1.165) is 5.56 Å². The molecule has 17 heavy (non-hydrogen) atoms. The third kappa shape index (κ3) is 5.12. The number of benzene rings is 1. The molecule has 0 spiro atoms. The quantitative estimate of drug-likeness (QED) is 0.721. The molecule has 1 atom stereocenters. The van der Waals surface area contributed by atoms with Gasteiger partial charge in [0.25, 0.3) is 0 Å². The lowest BCUT2D eigenvalue weighted by atomic mass is 10.2. The van der Waals surface area contributed by atoms with E-state index in [1.54, 1.807) is 0 Å². The van der Waals surface area contributed by atoms with Gasteiger partial charge in [-0.2, -0.15) is 0 Å². The summed E-state index contributed by atoms with van der Waals surface area (Å²) in [5.41, 5.74) is 0.861. The van der Waals surface area contributed by atoms with Crippen LogP contribution in [0.2, 0.25) is 0 Å². The SMILES string of the molecule is O=C(CC[C@@H](O)C(=O)O)OCc1ccccc1. The largest absolute Gasteiger partial charge is 0.479 e. The molecule has 0 aliphatic heterocycles. The van der Waals surface area contributed by atoms with Gasteiger partial charge >= 0.3 is 11.9 Å². The summed E-state index contributed by atoms with van der Waals surface area (Å²) in [6.07, 6.45) is -1.76. The first kappa shape index (κ1) is 13.2. The summed E-state index contributed by atoms with van der Waals surface area (Å²) in [4.78, 5) is 21.5. The van der Waals surface area contributed by atoms with E-state index in [4.69, 9.17) is 14.9 Å². The van der Waals surface area contributed by atoms with Crippen LogP contribution in [-0.2, 0) is 20.9 Å². The average molecular weight is 238 g/mol. The molecule has 0 radical (unpaired) electrons. The first-order valence-electron chi connectivity index (χ1n) is 5.20. The molecule has 5 heteroatoms. The van der Waals surface area contributed by atoms with Gasteiger partial charge < -0.3 is 14.9 Å². The minimum Gasteiger partial charge on any atom is -0.479 e. The number of carboxylic acid groups (broad SMARTS) is 1. The van der Waals surface area contributed by atoms with E-state index in [-0.39, 0.29) is 19.4 Å². The van der Waals surface area contributed by atoms with Crippen LogP contribution in [0.5, 0.6) is 0 Å². The monoisotopic (exact) mass is 238 g/mol. The number of carbonyl (C=O) groups is 2. The molecule has 0 aliphatic rings. The summed E-state index contributed by atoms with van der Waals surface area (Å²) < 4.78 is 4.92. The number of aliphatic carboxylic acids is 1. The highest BCUT2D eigenvalue weighted by molar-refractivity contribution is 5.74. The average Bonchev–Trinajstić information content (AvgIpc) is 2.34. The number of rotatable bonds is 6. The van der Waals surface area contributed by atoms with Crippen molar-refractivity contribution in [2.75, 3.05) is 0 Å². The van der Waals surface area contributed by atoms with Gasteiger partial charge in [0.1, 0.15) is 6.61 Å². The Balaban J connectivity index is 2.24. The van der Waals surface area contributed by atoms with Gasteiger partial charge in [0.15, 0.2) is 6.10 Å². The summed E-state index contributed by atoms with van der Waals surface area (Å²) in [7, 11) is 0. The van der Waals surface area contributed by atoms with Crippen molar-refractivity contribution in [3.63, 3.8) is 0 Å². The van der Waals surface area contributed by atoms with Crippen LogP contribution in [0.25, 0.3) is 0 Å². The third-order valence-corrected chi connectivity index (χ3v) is 2.15. The lowest BCUT2D eigenvalue weighted by Crippen LogP contribution is -2.20. The second-order valence-electron chi connectivity index (χ2n) is 3.54. The Bertz CT molecular complexity index is 374. The number of carbonyl (C=O) groups excluding carboxylic acids is 1. The maximum absolute atomic E-state index is 11.2. The number of esters is 1. The summed E-state index contributed by atoms with van der Waals surface area (Å²) in [6.45, 7) is 0.156. The number of aliphatic hydroxyl groups is 1. The predicted molar refractivity (Wildman–Crippen MR) is 59.1 cm³/mol. The summed E-state index contributed by atoms with van der Waals surface area (Å²) in [5, 5.41) is 17.4. The maximum atomic E-state index is 11.2. The van der Waals surface area contributed by atoms with E-state index in [9.17, 15) is 9.59 Å². The molecule has 1 aromatic carbocycles. The highest BCUT2D eigenvalue weighted by Gasteiger charge is 2.15. The van der Waals surface area contributed by atoms with Gasteiger partial charge in [0.05, 0.1) is 0 Å². The molecule has 0 unspecified atom stereocenters. The number of aliphatic hydroxyl groups excluding tert-OH is 1. The van der Waals surface area contributed by atoms with Crippen molar-refractivity contribution in [2.24, 2.45) is 0 Å². The molecule has 0 saturated heterocycles. The number of hydrogen-bond acceptors (Lipinski definition) is 4. The van der Waals surface area contributed by atoms with E-state index in [1.807, 2.05) is 30.3 Å². The van der Waals surface area contributed by atoms with Crippen LogP contribution in [0, 0.1) is 0 Å². The van der Waals surface area contributed by atoms with Crippen LogP contribution in [0.1, 0.15) is 18.4 Å². The second-order valence-corrected chi connectivity index (χ2v) is 3.54. The van der Waals surface area contributed by atoms with Crippen LogP contribution in [0.4, 0.5) is 0 Å². The highest BCUT2D eigenvalue weighted by atomic mass is 16.5. The number of hydrogen-bond donors (Lipinski definition) is 2. The first-order chi connectivity index (χ1) is 8.09. The topological polar surface area (TPSA) is 83.8 Å². The van der Waals surface area contributed by atoms with Crippen molar-refractivity contribution in [1.82, 2.24) is 0 Å². The van der Waals surface area contributed by atoms with Crippen molar-refractivity contribution >= 4 is 11.9 Å². The van der Waals surface area contributed by atoms with Crippen LogP contribution in [-0.4, -0.2) is 28.3 Å². The van der Waals surface area contributed by atoms with Crippen molar-refractivity contribution in [3.05, 3.63) is 35.9 Å². The molecule has 92 valence electrons. The minimum absolute atomic E-state index is 0.111. The molecule has 0 aliphatic carbocycles. The highest BCUT2D eigenvalue weighted by Crippen LogP contribution is 2.04. The molecule has 5 nitrogen and oxygen atoms in total. The standard InChI is InChI=1S/C12H14O5/c13-10(12(15)16)6-7-11(14)17-8-9-4-2-1-3-5-9/h1-5,10,13H,6-8H2,(H,15,16)/t10-/m1/s1. The Morgan fingerprint density at radius 3 is 2.47 bits per heavy atom. The molecule has 1 aromatic rings. The van der Waals surface area contributed by atoms with Crippen molar-refractivity contribution in [3.8, 4) is 0 Å². The Hall–Kier alpha value is -1.88. The van der Waals surface area contributed by atoms with E-state index < -0.39 is 18.0 Å². The third-order valence-electron chi connectivity index (χ3n) is 2.15. The Morgan fingerprint density at radius 2 is 1.88 bits per heavy atom. The Kier molecular flexibility index (Phi) is 5.16. The second kappa shape index (κ2) is 6.65. The smallest absolute Gasteiger partial charge is 0.332 e. The van der Waals surface area contributed by atoms with Gasteiger partial charge in [-0.15, -0.1) is 0 Å². The van der Waals surface area contributed by atoms with Crippen molar-refractivity contribution < 1.29 is 24.5 Å². The van der Waals surface area contributed by atoms with Gasteiger partial charge in [0, 0.05) is 6.42 Å². The summed E-state index contributed by atoms with van der Waals surface area (Å²) in [6, 6.07) is 9.15. The van der Waals surface area contributed by atoms with Crippen LogP contribution >= 0.6 is 0 Å². The fourth-order valence-electron chi connectivity index (χ4n) is 1.19. The lowest BCUT2D eigenvalue weighted by Gasteiger charge is -2.06. The molecule has 0 saturated carbocycles. The van der Waals surface area contributed by atoms with Gasteiger partial charge in [-0.05, 0) is 12.0 Å². The van der Waals surface area contributed by atoms with E-state index in [2.05, 4.69) is 0 Å². The fraction of sp³-hybridized carbons (Fsp3) is 0.333. The van der Waals surface area contributed by atoms with Gasteiger partial charge in [-0.25, -0.2) is 4.79 Å². The molecular formula is C12H14O5. The number of ether oxygens (including phenoxy) is 1. The molecule has 2 N–H and O–H groups in total. The molecule has 0 amide bonds. The zero-order valence-electron chi connectivity index (χ0n) is 9.20. The lowest BCUT2D eigenvalue weighted by molar-refractivity contribution is -0.149. The molecule has 0 bridgehead atoms. The van der Waals surface area contributed by atoms with E-state index >= 15 is 0 Å². The summed E-state index contributed by atoms with van der Waals surface area (Å²) >= 11 is 0. The number of carboxylic acids is 1. The molecular weight excluding hydrogens is 224 g/mol. The summed E-state index contributed by atoms with van der Waals surface area (Å²) in [5.74, 6) is -1.85. The van der Waals surface area contributed by atoms with Gasteiger partial charge in [-0.3, -0.25) is 4.79 Å². The van der Waals surface area contributed by atoms with Crippen LogP contribution in [0.3, 0.4) is 0 Å². The molecule has 1 rings (SSSR count). The fourth-order valence-corrected chi connectivity index (χ4v) is 1.19. The maximum Gasteiger partial charge on any atom is 0.332 e. The molecule has 0 fully saturated rings. The Morgan fingerprint density at radius 1 is 1.24 bits per heavy atom. The van der Waals surface area contributed by atoms with E-state index in [0.29, 0.717) is 0 Å². The first-order valence-corrected chi connectivity index (χ1v) is 5.20. The van der Waals surface area contributed by atoms with Crippen LogP contribution < -0.4 is 0 Å². The normalized spacial score (nSPS) is 11.8. The van der Waals surface area contributed by atoms with Crippen LogP contribution in [0.15, 0.2) is 30.3 Å². The Labute approximate surface area is 98.6 Å². The van der Waals surface area contributed by atoms with Crippen molar-refractivity contribution in [2.45, 2.75) is 25.6 Å². The molecule has 0 aromatic heterocycles. The van der Waals surface area contributed by atoms with E-state index in [1.165, 1.54) is 0 Å².